The third-order valence-corrected chi connectivity index (χ3v) is 3.07. The van der Waals surface area contributed by atoms with Gasteiger partial charge in [-0.1, -0.05) is 11.6 Å². The van der Waals surface area contributed by atoms with E-state index in [0.29, 0.717) is 28.5 Å². The second-order valence-corrected chi connectivity index (χ2v) is 4.57. The lowest BCUT2D eigenvalue weighted by molar-refractivity contribution is 0.103. The molecule has 0 aliphatic heterocycles. The summed E-state index contributed by atoms with van der Waals surface area (Å²) in [7, 11) is 1.51. The molecular weight excluding hydrogens is 276 g/mol. The van der Waals surface area contributed by atoms with Crippen LogP contribution in [0.2, 0.25) is 5.02 Å². The SMILES string of the molecule is CCOc1ccc(C(=O)c2ccc(Cl)cc2OC)cc1. The number of ketones is 1. The van der Waals surface area contributed by atoms with Crippen molar-refractivity contribution in [1.82, 2.24) is 0 Å². The van der Waals surface area contributed by atoms with E-state index in [9.17, 15) is 4.79 Å². The molecule has 2 aromatic rings. The highest BCUT2D eigenvalue weighted by Gasteiger charge is 2.14. The average Bonchev–Trinajstić information content (AvgIpc) is 2.47. The Morgan fingerprint density at radius 3 is 2.45 bits per heavy atom. The van der Waals surface area contributed by atoms with Gasteiger partial charge in [0.15, 0.2) is 5.78 Å². The summed E-state index contributed by atoms with van der Waals surface area (Å²) in [5.41, 5.74) is 1.06. The first-order chi connectivity index (χ1) is 9.65. The Bertz CT molecular complexity index is 606. The standard InChI is InChI=1S/C16H15ClO3/c1-3-20-13-7-4-11(5-8-13)16(18)14-9-6-12(17)10-15(14)19-2/h4-10H,3H2,1-2H3. The molecule has 0 N–H and O–H groups in total. The number of hydrogen-bond acceptors (Lipinski definition) is 3. The zero-order valence-electron chi connectivity index (χ0n) is 11.4. The third kappa shape index (κ3) is 3.11. The fourth-order valence-electron chi connectivity index (χ4n) is 1.88. The summed E-state index contributed by atoms with van der Waals surface area (Å²) < 4.78 is 10.6. The van der Waals surface area contributed by atoms with Gasteiger partial charge in [-0.25, -0.2) is 0 Å². The smallest absolute Gasteiger partial charge is 0.196 e. The Hall–Kier alpha value is -2.00. The van der Waals surface area contributed by atoms with Crippen molar-refractivity contribution in [2.75, 3.05) is 13.7 Å². The fourth-order valence-corrected chi connectivity index (χ4v) is 2.04. The van der Waals surface area contributed by atoms with Crippen molar-refractivity contribution < 1.29 is 14.3 Å². The van der Waals surface area contributed by atoms with Gasteiger partial charge in [0.1, 0.15) is 11.5 Å². The highest BCUT2D eigenvalue weighted by atomic mass is 35.5. The Balaban J connectivity index is 2.31. The predicted octanol–water partition coefficient (Wildman–Crippen LogP) is 3.98. The molecule has 2 rings (SSSR count). The normalized spacial score (nSPS) is 10.2. The topological polar surface area (TPSA) is 35.5 Å². The molecule has 0 radical (unpaired) electrons. The Kier molecular flexibility index (Phi) is 4.64. The van der Waals surface area contributed by atoms with Crippen LogP contribution in [0.5, 0.6) is 11.5 Å². The first kappa shape index (κ1) is 14.4. The van der Waals surface area contributed by atoms with E-state index in [4.69, 9.17) is 21.1 Å². The number of benzene rings is 2. The zero-order valence-corrected chi connectivity index (χ0v) is 12.1. The van der Waals surface area contributed by atoms with Gasteiger partial charge in [-0.15, -0.1) is 0 Å². The Labute approximate surface area is 123 Å². The summed E-state index contributed by atoms with van der Waals surface area (Å²) in [6.45, 7) is 2.51. The van der Waals surface area contributed by atoms with Crippen molar-refractivity contribution in [2.24, 2.45) is 0 Å². The van der Waals surface area contributed by atoms with E-state index >= 15 is 0 Å². The second-order valence-electron chi connectivity index (χ2n) is 4.13. The molecule has 0 aromatic heterocycles. The largest absolute Gasteiger partial charge is 0.496 e. The number of ether oxygens (including phenoxy) is 2. The number of rotatable bonds is 5. The van der Waals surface area contributed by atoms with Crippen molar-refractivity contribution in [3.8, 4) is 11.5 Å². The summed E-state index contributed by atoms with van der Waals surface area (Å²) in [5, 5.41) is 0.532. The molecule has 0 spiro atoms. The molecule has 0 unspecified atom stereocenters. The Morgan fingerprint density at radius 2 is 1.85 bits per heavy atom. The molecule has 4 heteroatoms. The third-order valence-electron chi connectivity index (χ3n) is 2.84. The van der Waals surface area contributed by atoms with E-state index in [1.54, 1.807) is 42.5 Å². The summed E-state index contributed by atoms with van der Waals surface area (Å²) in [5.74, 6) is 1.10. The Morgan fingerprint density at radius 1 is 1.15 bits per heavy atom. The minimum atomic E-state index is -0.110. The molecule has 104 valence electrons. The van der Waals surface area contributed by atoms with E-state index in [-0.39, 0.29) is 5.78 Å². The fraction of sp³-hybridized carbons (Fsp3) is 0.188. The summed E-state index contributed by atoms with van der Waals surface area (Å²) in [4.78, 5) is 12.4. The van der Waals surface area contributed by atoms with Crippen molar-refractivity contribution >= 4 is 17.4 Å². The van der Waals surface area contributed by atoms with Gasteiger partial charge in [0.05, 0.1) is 19.3 Å². The van der Waals surface area contributed by atoms with Crippen molar-refractivity contribution in [2.45, 2.75) is 6.92 Å². The lowest BCUT2D eigenvalue weighted by atomic mass is 10.0. The second kappa shape index (κ2) is 6.44. The highest BCUT2D eigenvalue weighted by molar-refractivity contribution is 6.31. The first-order valence-electron chi connectivity index (χ1n) is 6.26. The number of carbonyl (C=O) groups excluding carboxylic acids is 1. The quantitative estimate of drug-likeness (QED) is 0.781. The van der Waals surface area contributed by atoms with Crippen LogP contribution >= 0.6 is 11.6 Å². The molecule has 0 fully saturated rings. The van der Waals surface area contributed by atoms with Crippen molar-refractivity contribution in [3.63, 3.8) is 0 Å². The van der Waals surface area contributed by atoms with E-state index < -0.39 is 0 Å². The molecule has 2 aromatic carbocycles. The first-order valence-corrected chi connectivity index (χ1v) is 6.64. The van der Waals surface area contributed by atoms with Gasteiger partial charge in [-0.3, -0.25) is 4.79 Å². The minimum absolute atomic E-state index is 0.110. The van der Waals surface area contributed by atoms with E-state index in [2.05, 4.69) is 0 Å². The maximum Gasteiger partial charge on any atom is 0.196 e. The van der Waals surface area contributed by atoms with Crippen LogP contribution in [0.1, 0.15) is 22.8 Å². The van der Waals surface area contributed by atoms with Gasteiger partial charge >= 0.3 is 0 Å². The average molecular weight is 291 g/mol. The molecule has 0 aliphatic carbocycles. The van der Waals surface area contributed by atoms with Crippen LogP contribution in [-0.2, 0) is 0 Å². The van der Waals surface area contributed by atoms with Crippen LogP contribution in [0.25, 0.3) is 0 Å². The molecular formula is C16H15ClO3. The zero-order chi connectivity index (χ0) is 14.5. The van der Waals surface area contributed by atoms with Crippen LogP contribution in [-0.4, -0.2) is 19.5 Å². The van der Waals surface area contributed by atoms with Gasteiger partial charge in [0.25, 0.3) is 0 Å². The molecule has 0 aliphatic rings. The van der Waals surface area contributed by atoms with Gasteiger partial charge < -0.3 is 9.47 Å². The molecule has 0 atom stereocenters. The monoisotopic (exact) mass is 290 g/mol. The number of methoxy groups -OCH3 is 1. The molecule has 0 saturated heterocycles. The molecule has 0 amide bonds. The maximum atomic E-state index is 12.4. The van der Waals surface area contributed by atoms with Crippen LogP contribution < -0.4 is 9.47 Å². The van der Waals surface area contributed by atoms with E-state index in [1.807, 2.05) is 6.92 Å². The number of hydrogen-bond donors (Lipinski definition) is 0. The minimum Gasteiger partial charge on any atom is -0.496 e. The number of carbonyl (C=O) groups is 1. The van der Waals surface area contributed by atoms with Gasteiger partial charge in [0.2, 0.25) is 0 Å². The van der Waals surface area contributed by atoms with Crippen molar-refractivity contribution in [1.29, 1.82) is 0 Å². The summed E-state index contributed by atoms with van der Waals surface area (Å²) in [6, 6.07) is 12.0. The van der Waals surface area contributed by atoms with E-state index in [1.165, 1.54) is 7.11 Å². The number of halogens is 1. The summed E-state index contributed by atoms with van der Waals surface area (Å²) >= 11 is 5.89. The maximum absolute atomic E-state index is 12.4. The lowest BCUT2D eigenvalue weighted by Crippen LogP contribution is -2.04. The van der Waals surface area contributed by atoms with Gasteiger partial charge in [0, 0.05) is 10.6 Å². The molecule has 0 saturated carbocycles. The molecule has 20 heavy (non-hydrogen) atoms. The van der Waals surface area contributed by atoms with Crippen LogP contribution in [0.3, 0.4) is 0 Å². The summed E-state index contributed by atoms with van der Waals surface area (Å²) in [6.07, 6.45) is 0. The van der Waals surface area contributed by atoms with Crippen molar-refractivity contribution in [3.05, 3.63) is 58.6 Å². The molecule has 3 nitrogen and oxygen atoms in total. The highest BCUT2D eigenvalue weighted by Crippen LogP contribution is 2.26. The van der Waals surface area contributed by atoms with Crippen LogP contribution in [0.15, 0.2) is 42.5 Å². The van der Waals surface area contributed by atoms with E-state index in [0.717, 1.165) is 5.75 Å². The van der Waals surface area contributed by atoms with Gasteiger partial charge in [-0.05, 0) is 49.4 Å². The van der Waals surface area contributed by atoms with Crippen LogP contribution in [0, 0.1) is 0 Å². The predicted molar refractivity (Wildman–Crippen MR) is 79.0 cm³/mol. The lowest BCUT2D eigenvalue weighted by Gasteiger charge is -2.09. The molecule has 0 heterocycles. The van der Waals surface area contributed by atoms with Gasteiger partial charge in [-0.2, -0.15) is 0 Å². The van der Waals surface area contributed by atoms with Crippen LogP contribution in [0.4, 0.5) is 0 Å². The molecule has 0 bridgehead atoms.